The minimum Gasteiger partial charge on any atom is -0.493 e. The summed E-state index contributed by atoms with van der Waals surface area (Å²) in [6.45, 7) is 4.54. The summed E-state index contributed by atoms with van der Waals surface area (Å²) >= 11 is 3.32. The number of fused-ring (bicyclic) bond motifs is 1. The summed E-state index contributed by atoms with van der Waals surface area (Å²) in [5.41, 5.74) is 1.61. The zero-order chi connectivity index (χ0) is 13.1. The lowest BCUT2D eigenvalue weighted by Crippen LogP contribution is -2.09. The number of hydrogen-bond donors (Lipinski definition) is 1. The van der Waals surface area contributed by atoms with Crippen LogP contribution >= 0.6 is 15.9 Å². The van der Waals surface area contributed by atoms with Gasteiger partial charge >= 0.3 is 0 Å². The van der Waals surface area contributed by atoms with Gasteiger partial charge in [0.2, 0.25) is 0 Å². The van der Waals surface area contributed by atoms with Crippen molar-refractivity contribution in [1.29, 1.82) is 0 Å². The predicted octanol–water partition coefficient (Wildman–Crippen LogP) is 3.92. The number of aromatic amines is 1. The quantitative estimate of drug-likeness (QED) is 0.672. The maximum atomic E-state index is 12.1. The van der Waals surface area contributed by atoms with Crippen LogP contribution in [0.4, 0.5) is 0 Å². The van der Waals surface area contributed by atoms with Gasteiger partial charge in [-0.1, -0.05) is 28.9 Å². The third-order valence-electron chi connectivity index (χ3n) is 2.76. The highest BCUT2D eigenvalue weighted by Gasteiger charge is 2.18. The largest absolute Gasteiger partial charge is 0.493 e. The Morgan fingerprint density at radius 2 is 2.28 bits per heavy atom. The van der Waals surface area contributed by atoms with E-state index in [1.54, 1.807) is 6.20 Å². The molecule has 1 aromatic heterocycles. The molecule has 1 aromatic carbocycles. The van der Waals surface area contributed by atoms with Gasteiger partial charge in [-0.15, -0.1) is 0 Å². The van der Waals surface area contributed by atoms with E-state index in [-0.39, 0.29) is 10.6 Å². The second kappa shape index (κ2) is 5.57. The summed E-state index contributed by atoms with van der Waals surface area (Å²) in [7, 11) is 0. The zero-order valence-corrected chi connectivity index (χ0v) is 12.1. The van der Waals surface area contributed by atoms with Crippen LogP contribution in [0.3, 0.4) is 0 Å². The van der Waals surface area contributed by atoms with E-state index in [4.69, 9.17) is 4.74 Å². The first-order chi connectivity index (χ1) is 8.65. The van der Waals surface area contributed by atoms with Crippen LogP contribution in [0.25, 0.3) is 10.9 Å². The number of carbonyl (C=O) groups is 1. The van der Waals surface area contributed by atoms with E-state index >= 15 is 0 Å². The number of benzene rings is 1. The van der Waals surface area contributed by atoms with Crippen molar-refractivity contribution in [2.75, 3.05) is 6.61 Å². The standard InChI is InChI=1S/C14H16BrNO2/c1-3-7-18-12-6-4-5-11-13(12)10(8-16-11)14(17)9(2)15/h4-6,8-9,16H,3,7H2,1-2H3. The number of halogens is 1. The molecule has 0 aliphatic rings. The van der Waals surface area contributed by atoms with E-state index in [0.717, 1.165) is 23.1 Å². The van der Waals surface area contributed by atoms with Crippen molar-refractivity contribution in [3.8, 4) is 5.75 Å². The predicted molar refractivity (Wildman–Crippen MR) is 76.8 cm³/mol. The molecule has 18 heavy (non-hydrogen) atoms. The molecule has 1 N–H and O–H groups in total. The van der Waals surface area contributed by atoms with Gasteiger partial charge in [0.25, 0.3) is 0 Å². The summed E-state index contributed by atoms with van der Waals surface area (Å²) in [4.78, 5) is 15.0. The molecule has 2 rings (SSSR count). The van der Waals surface area contributed by atoms with Gasteiger partial charge in [-0.25, -0.2) is 0 Å². The van der Waals surface area contributed by atoms with Crippen LogP contribution in [0.2, 0.25) is 0 Å². The van der Waals surface area contributed by atoms with Crippen LogP contribution in [0.15, 0.2) is 24.4 Å². The lowest BCUT2D eigenvalue weighted by Gasteiger charge is -2.08. The zero-order valence-electron chi connectivity index (χ0n) is 10.5. The number of hydrogen-bond acceptors (Lipinski definition) is 2. The van der Waals surface area contributed by atoms with Gasteiger partial charge in [-0.2, -0.15) is 0 Å². The Balaban J connectivity index is 2.51. The lowest BCUT2D eigenvalue weighted by atomic mass is 10.1. The fourth-order valence-electron chi connectivity index (χ4n) is 1.89. The van der Waals surface area contributed by atoms with Crippen LogP contribution in [0, 0.1) is 0 Å². The molecule has 0 bridgehead atoms. The van der Waals surface area contributed by atoms with Gasteiger partial charge in [0.1, 0.15) is 5.75 Å². The first-order valence-electron chi connectivity index (χ1n) is 6.06. The highest BCUT2D eigenvalue weighted by atomic mass is 79.9. The van der Waals surface area contributed by atoms with Crippen LogP contribution in [0.1, 0.15) is 30.6 Å². The maximum Gasteiger partial charge on any atom is 0.178 e. The monoisotopic (exact) mass is 309 g/mol. The number of aromatic nitrogens is 1. The fraction of sp³-hybridized carbons (Fsp3) is 0.357. The molecule has 4 heteroatoms. The van der Waals surface area contributed by atoms with Crippen LogP contribution in [-0.2, 0) is 0 Å². The first-order valence-corrected chi connectivity index (χ1v) is 6.98. The summed E-state index contributed by atoms with van der Waals surface area (Å²) in [6.07, 6.45) is 2.70. The van der Waals surface area contributed by atoms with Crippen LogP contribution in [0.5, 0.6) is 5.75 Å². The van der Waals surface area contributed by atoms with Crippen LogP contribution in [-0.4, -0.2) is 22.2 Å². The molecule has 0 radical (unpaired) electrons. The molecular formula is C14H16BrNO2. The van der Waals surface area contributed by atoms with Crippen molar-refractivity contribution < 1.29 is 9.53 Å². The van der Waals surface area contributed by atoms with Gasteiger partial charge in [-0.05, 0) is 25.5 Å². The highest BCUT2D eigenvalue weighted by Crippen LogP contribution is 2.30. The molecule has 0 saturated heterocycles. The average molecular weight is 310 g/mol. The SMILES string of the molecule is CCCOc1cccc2[nH]cc(C(=O)C(C)Br)c12. The Morgan fingerprint density at radius 3 is 2.94 bits per heavy atom. The Kier molecular flexibility index (Phi) is 4.07. The number of alkyl halides is 1. The molecule has 0 aliphatic carbocycles. The van der Waals surface area contributed by atoms with Crippen LogP contribution < -0.4 is 4.74 Å². The Morgan fingerprint density at radius 1 is 1.50 bits per heavy atom. The maximum absolute atomic E-state index is 12.1. The molecule has 1 atom stereocenters. The Labute approximate surface area is 115 Å². The third-order valence-corrected chi connectivity index (χ3v) is 3.17. The van der Waals surface area contributed by atoms with E-state index in [0.29, 0.717) is 12.2 Å². The molecule has 0 spiro atoms. The molecule has 0 fully saturated rings. The van der Waals surface area contributed by atoms with Gasteiger partial charge in [0.15, 0.2) is 5.78 Å². The summed E-state index contributed by atoms with van der Waals surface area (Å²) < 4.78 is 5.71. The number of ketones is 1. The number of ether oxygens (including phenoxy) is 1. The molecule has 3 nitrogen and oxygen atoms in total. The average Bonchev–Trinajstić information content (AvgIpc) is 2.79. The topological polar surface area (TPSA) is 42.1 Å². The molecule has 0 saturated carbocycles. The van der Waals surface area contributed by atoms with Crippen molar-refractivity contribution in [3.05, 3.63) is 30.0 Å². The number of Topliss-reactive ketones (excluding diaryl/α,β-unsaturated/α-hetero) is 1. The molecule has 2 aromatic rings. The second-order valence-electron chi connectivity index (χ2n) is 4.21. The van der Waals surface area contributed by atoms with E-state index in [1.807, 2.05) is 25.1 Å². The number of H-pyrrole nitrogens is 1. The molecule has 1 heterocycles. The summed E-state index contributed by atoms with van der Waals surface area (Å²) in [6, 6.07) is 5.78. The van der Waals surface area contributed by atoms with Gasteiger partial charge < -0.3 is 9.72 Å². The smallest absolute Gasteiger partial charge is 0.178 e. The van der Waals surface area contributed by atoms with Crippen molar-refractivity contribution >= 4 is 32.6 Å². The van der Waals surface area contributed by atoms with Gasteiger partial charge in [0, 0.05) is 17.3 Å². The van der Waals surface area contributed by atoms with Crippen molar-refractivity contribution in [3.63, 3.8) is 0 Å². The Hall–Kier alpha value is -1.29. The van der Waals surface area contributed by atoms with E-state index < -0.39 is 0 Å². The number of carbonyl (C=O) groups excluding carboxylic acids is 1. The molecular weight excluding hydrogens is 294 g/mol. The molecule has 96 valence electrons. The van der Waals surface area contributed by atoms with Crippen molar-refractivity contribution in [2.45, 2.75) is 25.1 Å². The molecule has 0 amide bonds. The van der Waals surface area contributed by atoms with Crippen molar-refractivity contribution in [1.82, 2.24) is 4.98 Å². The van der Waals surface area contributed by atoms with Crippen molar-refractivity contribution in [2.24, 2.45) is 0 Å². The van der Waals surface area contributed by atoms with E-state index in [1.165, 1.54) is 0 Å². The highest BCUT2D eigenvalue weighted by molar-refractivity contribution is 9.10. The summed E-state index contributed by atoms with van der Waals surface area (Å²) in [5, 5.41) is 0.877. The summed E-state index contributed by atoms with van der Waals surface area (Å²) in [5.74, 6) is 0.834. The minimum atomic E-state index is -0.198. The van der Waals surface area contributed by atoms with Gasteiger partial charge in [-0.3, -0.25) is 4.79 Å². The fourth-order valence-corrected chi connectivity index (χ4v) is 2.14. The molecule has 0 aliphatic heterocycles. The Bertz CT molecular complexity index is 560. The lowest BCUT2D eigenvalue weighted by molar-refractivity contribution is 0.0997. The third kappa shape index (κ3) is 2.43. The van der Waals surface area contributed by atoms with E-state index in [2.05, 4.69) is 27.8 Å². The minimum absolute atomic E-state index is 0.0637. The number of nitrogens with one attached hydrogen (secondary N) is 1. The second-order valence-corrected chi connectivity index (χ2v) is 5.58. The normalized spacial score (nSPS) is 12.6. The molecule has 1 unspecified atom stereocenters. The number of rotatable bonds is 5. The first kappa shape index (κ1) is 13.1. The van der Waals surface area contributed by atoms with E-state index in [9.17, 15) is 4.79 Å². The van der Waals surface area contributed by atoms with Gasteiger partial charge in [0.05, 0.1) is 16.8 Å².